The van der Waals surface area contributed by atoms with E-state index in [9.17, 15) is 15.3 Å². The van der Waals surface area contributed by atoms with Gasteiger partial charge in [-0.1, -0.05) is 0 Å². The van der Waals surface area contributed by atoms with Crippen LogP contribution in [0.4, 0.5) is 11.8 Å². The Hall–Kier alpha value is -1.94. The molecule has 120 valence electrons. The molecule has 2 unspecified atom stereocenters. The third-order valence-corrected chi connectivity index (χ3v) is 3.99. The van der Waals surface area contributed by atoms with E-state index < -0.39 is 24.4 Å². The van der Waals surface area contributed by atoms with Gasteiger partial charge in [0, 0.05) is 12.6 Å². The fourth-order valence-electron chi connectivity index (χ4n) is 2.78. The van der Waals surface area contributed by atoms with Gasteiger partial charge in [0.1, 0.15) is 17.6 Å². The van der Waals surface area contributed by atoms with Crippen molar-refractivity contribution in [2.24, 2.45) is 0 Å². The standard InChI is InChI=1S/C13H19N5O4/c14-11-6-1-2-18(12(6)17-13(15)16-11)7-5-22-10(4-19)9(21)3-8(7)20/h1-2,7-10,19-21H,3-5H2,(H4,14,15,16,17)/t7?,8?,9-,10+/m0/s1. The minimum Gasteiger partial charge on any atom is -0.394 e. The van der Waals surface area contributed by atoms with Gasteiger partial charge in [-0.25, -0.2) is 0 Å². The highest BCUT2D eigenvalue weighted by Crippen LogP contribution is 2.29. The van der Waals surface area contributed by atoms with E-state index in [1.165, 1.54) is 0 Å². The quantitative estimate of drug-likeness (QED) is 0.456. The van der Waals surface area contributed by atoms with Gasteiger partial charge in [-0.2, -0.15) is 9.97 Å². The van der Waals surface area contributed by atoms with Gasteiger partial charge >= 0.3 is 0 Å². The van der Waals surface area contributed by atoms with Crippen LogP contribution < -0.4 is 11.5 Å². The van der Waals surface area contributed by atoms with Crippen LogP contribution >= 0.6 is 0 Å². The summed E-state index contributed by atoms with van der Waals surface area (Å²) in [5.41, 5.74) is 11.9. The maximum Gasteiger partial charge on any atom is 0.223 e. The van der Waals surface area contributed by atoms with E-state index in [4.69, 9.17) is 16.2 Å². The van der Waals surface area contributed by atoms with E-state index in [0.29, 0.717) is 11.0 Å². The number of nitrogens with zero attached hydrogens (tertiary/aromatic N) is 3. The zero-order chi connectivity index (χ0) is 15.9. The molecule has 0 spiro atoms. The molecule has 9 heteroatoms. The van der Waals surface area contributed by atoms with Gasteiger partial charge in [-0.15, -0.1) is 0 Å². The number of ether oxygens (including phenoxy) is 1. The zero-order valence-electron chi connectivity index (χ0n) is 11.8. The summed E-state index contributed by atoms with van der Waals surface area (Å²) in [6.07, 6.45) is -0.702. The third kappa shape index (κ3) is 2.48. The van der Waals surface area contributed by atoms with Crippen LogP contribution in [0.2, 0.25) is 0 Å². The van der Waals surface area contributed by atoms with Crippen molar-refractivity contribution in [1.29, 1.82) is 0 Å². The number of fused-ring (bicyclic) bond motifs is 1. The van der Waals surface area contributed by atoms with Gasteiger partial charge in [0.15, 0.2) is 0 Å². The molecule has 1 aliphatic rings. The van der Waals surface area contributed by atoms with Crippen LogP contribution in [0.1, 0.15) is 12.5 Å². The van der Waals surface area contributed by atoms with Crippen molar-refractivity contribution in [1.82, 2.24) is 14.5 Å². The summed E-state index contributed by atoms with van der Waals surface area (Å²) < 4.78 is 7.20. The number of hydrogen-bond acceptors (Lipinski definition) is 8. The van der Waals surface area contributed by atoms with Crippen LogP contribution in [-0.2, 0) is 4.74 Å². The average molecular weight is 309 g/mol. The largest absolute Gasteiger partial charge is 0.394 e. The molecule has 1 fully saturated rings. The normalized spacial score (nSPS) is 29.6. The van der Waals surface area contributed by atoms with Crippen LogP contribution in [0.3, 0.4) is 0 Å². The second kappa shape index (κ2) is 5.69. The topological polar surface area (TPSA) is 153 Å². The second-order valence-corrected chi connectivity index (χ2v) is 5.42. The summed E-state index contributed by atoms with van der Waals surface area (Å²) in [6, 6.07) is 1.26. The van der Waals surface area contributed by atoms with Crippen molar-refractivity contribution in [3.05, 3.63) is 12.3 Å². The van der Waals surface area contributed by atoms with Crippen molar-refractivity contribution in [2.45, 2.75) is 30.8 Å². The molecule has 0 amide bonds. The Kier molecular flexibility index (Phi) is 3.87. The molecule has 3 rings (SSSR count). The molecule has 0 aliphatic carbocycles. The monoisotopic (exact) mass is 309 g/mol. The predicted octanol–water partition coefficient (Wildman–Crippen LogP) is -1.36. The maximum atomic E-state index is 10.4. The molecule has 0 bridgehead atoms. The first-order valence-electron chi connectivity index (χ1n) is 6.99. The van der Waals surface area contributed by atoms with Crippen LogP contribution in [0.15, 0.2) is 12.3 Å². The highest BCUT2D eigenvalue weighted by atomic mass is 16.5. The Morgan fingerprint density at radius 1 is 1.27 bits per heavy atom. The lowest BCUT2D eigenvalue weighted by Gasteiger charge is -2.22. The van der Waals surface area contributed by atoms with Crippen LogP contribution in [0.5, 0.6) is 0 Å². The minimum atomic E-state index is -0.934. The molecule has 1 aliphatic heterocycles. The number of aliphatic hydroxyl groups excluding tert-OH is 3. The Labute approximate surface area is 126 Å². The first-order chi connectivity index (χ1) is 10.5. The van der Waals surface area contributed by atoms with Gasteiger partial charge in [0.2, 0.25) is 5.95 Å². The second-order valence-electron chi connectivity index (χ2n) is 5.42. The molecule has 0 saturated carbocycles. The van der Waals surface area contributed by atoms with Crippen LogP contribution in [-0.4, -0.2) is 61.4 Å². The first-order valence-corrected chi connectivity index (χ1v) is 6.99. The molecule has 3 heterocycles. The Morgan fingerprint density at radius 2 is 2.05 bits per heavy atom. The van der Waals surface area contributed by atoms with E-state index >= 15 is 0 Å². The van der Waals surface area contributed by atoms with Gasteiger partial charge in [-0.3, -0.25) is 0 Å². The van der Waals surface area contributed by atoms with E-state index in [0.717, 1.165) is 0 Å². The van der Waals surface area contributed by atoms with Crippen molar-refractivity contribution < 1.29 is 20.1 Å². The maximum absolute atomic E-state index is 10.4. The molecular formula is C13H19N5O4. The minimum absolute atomic E-state index is 0.0437. The van der Waals surface area contributed by atoms with E-state index in [1.54, 1.807) is 16.8 Å². The molecule has 4 atom stereocenters. The number of aliphatic hydroxyl groups is 3. The Morgan fingerprint density at radius 3 is 2.77 bits per heavy atom. The van der Waals surface area contributed by atoms with Crippen molar-refractivity contribution in [2.75, 3.05) is 24.7 Å². The number of anilines is 2. The predicted molar refractivity (Wildman–Crippen MR) is 78.8 cm³/mol. The molecular weight excluding hydrogens is 290 g/mol. The summed E-state index contributed by atoms with van der Waals surface area (Å²) in [4.78, 5) is 8.07. The smallest absolute Gasteiger partial charge is 0.223 e. The molecule has 9 nitrogen and oxygen atoms in total. The highest BCUT2D eigenvalue weighted by molar-refractivity contribution is 5.87. The third-order valence-electron chi connectivity index (χ3n) is 3.99. The van der Waals surface area contributed by atoms with Gasteiger partial charge in [0.25, 0.3) is 0 Å². The molecule has 1 saturated heterocycles. The summed E-state index contributed by atoms with van der Waals surface area (Å²) in [5, 5.41) is 30.1. The SMILES string of the molecule is Nc1nc(N)c2ccn(C3CO[C@H](CO)[C@@H](O)CC3O)c2n1. The molecule has 2 aromatic rings. The molecule has 22 heavy (non-hydrogen) atoms. The van der Waals surface area contributed by atoms with Crippen molar-refractivity contribution >= 4 is 22.8 Å². The van der Waals surface area contributed by atoms with E-state index in [1.807, 2.05) is 0 Å². The molecule has 2 aromatic heterocycles. The van der Waals surface area contributed by atoms with Gasteiger partial charge in [-0.05, 0) is 6.07 Å². The highest BCUT2D eigenvalue weighted by Gasteiger charge is 2.34. The number of nitrogens with two attached hydrogens (primary N) is 2. The molecule has 7 N–H and O–H groups in total. The molecule has 0 radical (unpaired) electrons. The lowest BCUT2D eigenvalue weighted by molar-refractivity contribution is -0.0568. The Balaban J connectivity index is 2.00. The van der Waals surface area contributed by atoms with Crippen LogP contribution in [0.25, 0.3) is 11.0 Å². The summed E-state index contributed by atoms with van der Waals surface area (Å²) in [5.74, 6) is 0.306. The lowest BCUT2D eigenvalue weighted by Crippen LogP contribution is -2.32. The fourth-order valence-corrected chi connectivity index (χ4v) is 2.78. The summed E-state index contributed by atoms with van der Waals surface area (Å²) in [6.45, 7) is -0.188. The number of hydrogen-bond donors (Lipinski definition) is 5. The van der Waals surface area contributed by atoms with Crippen molar-refractivity contribution in [3.63, 3.8) is 0 Å². The first kappa shape index (κ1) is 15.0. The van der Waals surface area contributed by atoms with Crippen molar-refractivity contribution in [3.8, 4) is 0 Å². The fraction of sp³-hybridized carbons (Fsp3) is 0.538. The molecule has 0 aromatic carbocycles. The van der Waals surface area contributed by atoms with Crippen LogP contribution in [0, 0.1) is 0 Å². The lowest BCUT2D eigenvalue weighted by atomic mass is 10.0. The average Bonchev–Trinajstić information content (AvgIpc) is 2.80. The zero-order valence-corrected chi connectivity index (χ0v) is 11.8. The number of aromatic nitrogens is 3. The summed E-state index contributed by atoms with van der Waals surface area (Å²) >= 11 is 0. The van der Waals surface area contributed by atoms with E-state index in [-0.39, 0.29) is 31.4 Å². The number of rotatable bonds is 2. The van der Waals surface area contributed by atoms with E-state index in [2.05, 4.69) is 9.97 Å². The van der Waals surface area contributed by atoms with Gasteiger partial charge < -0.3 is 36.1 Å². The summed E-state index contributed by atoms with van der Waals surface area (Å²) in [7, 11) is 0. The van der Waals surface area contributed by atoms with Gasteiger partial charge in [0.05, 0.1) is 36.8 Å². The Bertz CT molecular complexity index is 676. The number of nitrogen functional groups attached to an aromatic ring is 2.